The maximum Gasteiger partial charge on any atom is 0.311 e. The van der Waals surface area contributed by atoms with Gasteiger partial charge in [-0.2, -0.15) is 0 Å². The highest BCUT2D eigenvalue weighted by atomic mass is 16.5. The molecule has 7 N–H and O–H groups in total. The maximum absolute atomic E-state index is 14.0. The van der Waals surface area contributed by atoms with Crippen LogP contribution in [0.2, 0.25) is 0 Å². The minimum absolute atomic E-state index is 0.0155. The molecule has 0 aliphatic rings. The molecule has 72 heavy (non-hydrogen) atoms. The van der Waals surface area contributed by atoms with E-state index in [9.17, 15) is 48.6 Å². The number of phenolic OH excluding ortho intramolecular Hbond substituents is 2. The zero-order chi connectivity index (χ0) is 52.6. The summed E-state index contributed by atoms with van der Waals surface area (Å²) in [5.74, 6) is -4.34. The van der Waals surface area contributed by atoms with Crippen molar-refractivity contribution in [2.45, 2.75) is 129 Å². The van der Waals surface area contributed by atoms with Crippen LogP contribution in [-0.2, 0) is 64.0 Å². The number of carbonyl (C=O) groups is 8. The van der Waals surface area contributed by atoms with E-state index in [4.69, 9.17) is 19.7 Å². The minimum Gasteiger partial charge on any atom is -0.508 e. The number of amides is 3. The van der Waals surface area contributed by atoms with Crippen LogP contribution in [0.3, 0.4) is 0 Å². The molecule has 0 saturated carbocycles. The Bertz CT molecular complexity index is 2440. The lowest BCUT2D eigenvalue weighted by atomic mass is 9.81. The first-order valence-electron chi connectivity index (χ1n) is 24.3. The van der Waals surface area contributed by atoms with Gasteiger partial charge in [-0.25, -0.2) is 0 Å². The van der Waals surface area contributed by atoms with Crippen molar-refractivity contribution in [2.24, 2.45) is 11.3 Å². The highest BCUT2D eigenvalue weighted by Crippen LogP contribution is 2.27. The predicted octanol–water partition coefficient (Wildman–Crippen LogP) is 6.96. The predicted molar refractivity (Wildman–Crippen MR) is 266 cm³/mol. The molecule has 3 amide bonds. The number of ketones is 1. The van der Waals surface area contributed by atoms with Crippen molar-refractivity contribution >= 4 is 47.4 Å². The molecule has 0 heterocycles. The molecule has 0 fully saturated rings. The summed E-state index contributed by atoms with van der Waals surface area (Å²) in [5.41, 5.74) is 1.96. The van der Waals surface area contributed by atoms with Gasteiger partial charge < -0.3 is 45.9 Å². The molecule has 0 aliphatic heterocycles. The first kappa shape index (κ1) is 57.0. The number of carboxylic acid groups (broad SMARTS) is 2. The summed E-state index contributed by atoms with van der Waals surface area (Å²) in [5, 5.41) is 45.9. The third-order valence-corrected chi connectivity index (χ3v) is 11.9. The van der Waals surface area contributed by atoms with Crippen molar-refractivity contribution in [3.8, 4) is 23.0 Å². The van der Waals surface area contributed by atoms with Gasteiger partial charge in [0.2, 0.25) is 17.7 Å². The maximum atomic E-state index is 14.0. The topological polar surface area (TPSA) is 272 Å². The number of hydrogen-bond donors (Lipinski definition) is 7. The number of nitrogens with one attached hydrogen (secondary N) is 3. The van der Waals surface area contributed by atoms with E-state index in [1.54, 1.807) is 93.6 Å². The lowest BCUT2D eigenvalue weighted by Crippen LogP contribution is -2.52. The number of benzene rings is 4. The number of hydrogen-bond acceptors (Lipinski definition) is 12. The van der Waals surface area contributed by atoms with Gasteiger partial charge >= 0.3 is 23.9 Å². The van der Waals surface area contributed by atoms with Crippen LogP contribution < -0.4 is 25.4 Å². The first-order valence-corrected chi connectivity index (χ1v) is 24.3. The lowest BCUT2D eigenvalue weighted by Gasteiger charge is -2.30. The third kappa shape index (κ3) is 21.2. The van der Waals surface area contributed by atoms with E-state index in [0.29, 0.717) is 67.6 Å². The average Bonchev–Trinajstić information content (AvgIpc) is 3.33. The van der Waals surface area contributed by atoms with Gasteiger partial charge in [-0.05, 0) is 129 Å². The molecule has 0 bridgehead atoms. The number of phenols is 2. The Morgan fingerprint density at radius 2 is 0.944 bits per heavy atom. The molecule has 0 radical (unpaired) electrons. The molecule has 0 aromatic heterocycles. The van der Waals surface area contributed by atoms with Crippen LogP contribution in [0, 0.1) is 11.3 Å². The molecular weight excluding hydrogens is 927 g/mol. The van der Waals surface area contributed by atoms with E-state index in [0.717, 1.165) is 11.1 Å². The molecular formula is C55H67N3O14. The Labute approximate surface area is 419 Å². The Kier molecular flexibility index (Phi) is 22.9. The number of carboxylic acids is 2. The van der Waals surface area contributed by atoms with E-state index in [1.165, 1.54) is 24.3 Å². The van der Waals surface area contributed by atoms with Crippen LogP contribution in [0.5, 0.6) is 23.0 Å². The van der Waals surface area contributed by atoms with E-state index in [1.807, 2.05) is 0 Å². The summed E-state index contributed by atoms with van der Waals surface area (Å²) in [6.45, 7) is 5.21. The molecule has 4 aromatic carbocycles. The zero-order valence-electron chi connectivity index (χ0n) is 41.2. The van der Waals surface area contributed by atoms with Crippen molar-refractivity contribution in [2.75, 3.05) is 6.54 Å². The molecule has 386 valence electrons. The molecule has 0 spiro atoms. The Morgan fingerprint density at radius 1 is 0.514 bits per heavy atom. The molecule has 1 unspecified atom stereocenters. The SMILES string of the molecule is CC(CC(C)(C)C(=O)N[C@@H](Cc1ccc(O)cc1)C(=O)NCCc1ccc(OC(=O)CCCCC(=O)O)cc1)C(=O)N[C@H](Cc1ccc(O)cc1)C(=O)CCCc1ccc(OC(=O)CCCCC(=O)O)cc1. The smallest absolute Gasteiger partial charge is 0.311 e. The molecule has 17 nitrogen and oxygen atoms in total. The highest BCUT2D eigenvalue weighted by Gasteiger charge is 2.35. The quantitative estimate of drug-likeness (QED) is 0.0153. The number of aryl methyl sites for hydroxylation is 1. The summed E-state index contributed by atoms with van der Waals surface area (Å²) < 4.78 is 10.7. The molecule has 3 atom stereocenters. The van der Waals surface area contributed by atoms with Crippen molar-refractivity contribution in [1.29, 1.82) is 0 Å². The summed E-state index contributed by atoms with van der Waals surface area (Å²) in [6, 6.07) is 24.3. The van der Waals surface area contributed by atoms with Crippen LogP contribution >= 0.6 is 0 Å². The van der Waals surface area contributed by atoms with Gasteiger partial charge in [0.05, 0.1) is 6.04 Å². The van der Waals surface area contributed by atoms with Gasteiger partial charge in [0.25, 0.3) is 0 Å². The standard InChI is InChI=1S/C55H67N3O14/c1-36(52(68)57-45(33-39-15-23-41(59)24-16-39)47(61)10-8-9-37-19-27-43(28-20-37)71-50(66)13-6-4-11-48(62)63)35-55(2,3)54(70)58-46(34-40-17-25-42(60)26-18-40)53(69)56-32-31-38-21-29-44(30-22-38)72-51(67)14-7-5-12-49(64)65/h15-30,36,45-46,59-60H,4-14,31-35H2,1-3H3,(H,56,69)(H,57,68)(H,58,70)(H,62,63)(H,64,65)/t36?,45-,46+/m1/s1. The molecule has 4 rings (SSSR count). The number of rotatable bonds is 31. The average molecular weight is 994 g/mol. The molecule has 0 saturated heterocycles. The van der Waals surface area contributed by atoms with Gasteiger partial charge in [0.15, 0.2) is 5.78 Å². The second-order valence-electron chi connectivity index (χ2n) is 18.6. The van der Waals surface area contributed by atoms with Crippen LogP contribution in [0.1, 0.15) is 114 Å². The second kappa shape index (κ2) is 28.9. The Morgan fingerprint density at radius 3 is 1.42 bits per heavy atom. The number of aromatic hydroxyl groups is 2. The van der Waals surface area contributed by atoms with Crippen molar-refractivity contribution in [3.63, 3.8) is 0 Å². The fourth-order valence-corrected chi connectivity index (χ4v) is 7.81. The lowest BCUT2D eigenvalue weighted by molar-refractivity contribution is -0.138. The Balaban J connectivity index is 1.33. The molecule has 0 aliphatic carbocycles. The number of esters is 2. The number of Topliss-reactive ketones (excluding diaryl/α,β-unsaturated/α-hetero) is 1. The van der Waals surface area contributed by atoms with E-state index in [2.05, 4.69) is 16.0 Å². The van der Waals surface area contributed by atoms with E-state index < -0.39 is 65.0 Å². The number of carbonyl (C=O) groups excluding carboxylic acids is 6. The van der Waals surface area contributed by atoms with Crippen molar-refractivity contribution in [3.05, 3.63) is 119 Å². The molecule has 4 aromatic rings. The van der Waals surface area contributed by atoms with Gasteiger partial charge in [-0.1, -0.05) is 69.3 Å². The highest BCUT2D eigenvalue weighted by molar-refractivity contribution is 5.92. The normalized spacial score (nSPS) is 12.4. The number of unbranched alkanes of at least 4 members (excludes halogenated alkanes) is 2. The monoisotopic (exact) mass is 993 g/mol. The summed E-state index contributed by atoms with van der Waals surface area (Å²) in [6.07, 6.45) is 3.55. The van der Waals surface area contributed by atoms with E-state index in [-0.39, 0.29) is 75.2 Å². The van der Waals surface area contributed by atoms with Crippen LogP contribution in [0.15, 0.2) is 97.1 Å². The number of aliphatic carboxylic acids is 2. The Hall–Kier alpha value is -7.56. The van der Waals surface area contributed by atoms with Crippen LogP contribution in [0.4, 0.5) is 0 Å². The zero-order valence-corrected chi connectivity index (χ0v) is 41.2. The molecule has 17 heteroatoms. The first-order chi connectivity index (χ1) is 34.3. The third-order valence-electron chi connectivity index (χ3n) is 11.9. The fourth-order valence-electron chi connectivity index (χ4n) is 7.81. The summed E-state index contributed by atoms with van der Waals surface area (Å²) in [4.78, 5) is 101. The largest absolute Gasteiger partial charge is 0.508 e. The minimum atomic E-state index is -1.17. The van der Waals surface area contributed by atoms with Gasteiger partial charge in [-0.15, -0.1) is 0 Å². The number of ether oxygens (including phenoxy) is 2. The van der Waals surface area contributed by atoms with Gasteiger partial charge in [0.1, 0.15) is 29.0 Å². The van der Waals surface area contributed by atoms with E-state index >= 15 is 0 Å². The summed E-state index contributed by atoms with van der Waals surface area (Å²) in [7, 11) is 0. The van der Waals surface area contributed by atoms with Crippen LogP contribution in [0.25, 0.3) is 0 Å². The van der Waals surface area contributed by atoms with Gasteiger partial charge in [-0.3, -0.25) is 38.4 Å². The summed E-state index contributed by atoms with van der Waals surface area (Å²) >= 11 is 0. The van der Waals surface area contributed by atoms with Gasteiger partial charge in [0, 0.05) is 56.4 Å². The van der Waals surface area contributed by atoms with Crippen molar-refractivity contribution in [1.82, 2.24) is 16.0 Å². The second-order valence-corrected chi connectivity index (χ2v) is 18.6. The fraction of sp³-hybridized carbons (Fsp3) is 0.418. The van der Waals surface area contributed by atoms with Crippen molar-refractivity contribution < 1.29 is 68.3 Å². The van der Waals surface area contributed by atoms with Crippen LogP contribution in [-0.4, -0.2) is 86.4 Å².